The SMILES string of the molecule is CCOC(=O)C1C[C@H]2OC(CC)(CC)O[C@H]2[C@H](OS(C)(=O)=O)C1. The molecule has 134 valence electrons. The van der Waals surface area contributed by atoms with Crippen LogP contribution in [0.1, 0.15) is 46.5 Å². The summed E-state index contributed by atoms with van der Waals surface area (Å²) in [5.41, 5.74) is 0. The number of carbonyl (C=O) groups is 1. The quantitative estimate of drug-likeness (QED) is 0.531. The van der Waals surface area contributed by atoms with Crippen LogP contribution in [0.3, 0.4) is 0 Å². The maximum absolute atomic E-state index is 12.1. The minimum Gasteiger partial charge on any atom is -0.466 e. The molecule has 1 aliphatic heterocycles. The maximum Gasteiger partial charge on any atom is 0.309 e. The molecule has 1 unspecified atom stereocenters. The molecule has 2 aliphatic rings. The van der Waals surface area contributed by atoms with E-state index in [0.29, 0.717) is 19.3 Å². The van der Waals surface area contributed by atoms with E-state index in [4.69, 9.17) is 18.4 Å². The molecular weight excluding hydrogens is 324 g/mol. The third kappa shape index (κ3) is 4.23. The van der Waals surface area contributed by atoms with Crippen molar-refractivity contribution in [1.82, 2.24) is 0 Å². The Morgan fingerprint density at radius 3 is 2.35 bits per heavy atom. The van der Waals surface area contributed by atoms with Gasteiger partial charge in [-0.15, -0.1) is 0 Å². The Morgan fingerprint density at radius 1 is 1.17 bits per heavy atom. The Bertz CT molecular complexity index is 526. The first-order chi connectivity index (χ1) is 10.7. The molecule has 0 aromatic carbocycles. The molecule has 4 atom stereocenters. The lowest BCUT2D eigenvalue weighted by molar-refractivity contribution is -0.183. The van der Waals surface area contributed by atoms with Crippen LogP contribution in [0.2, 0.25) is 0 Å². The lowest BCUT2D eigenvalue weighted by atomic mass is 9.83. The van der Waals surface area contributed by atoms with Gasteiger partial charge in [0.05, 0.1) is 24.9 Å². The Kier molecular flexibility index (Phi) is 5.71. The topological polar surface area (TPSA) is 88.1 Å². The second-order valence-electron chi connectivity index (χ2n) is 6.12. The molecule has 1 saturated heterocycles. The van der Waals surface area contributed by atoms with Gasteiger partial charge in [0.25, 0.3) is 10.1 Å². The summed E-state index contributed by atoms with van der Waals surface area (Å²) in [4.78, 5) is 12.1. The van der Waals surface area contributed by atoms with E-state index in [2.05, 4.69) is 0 Å². The molecule has 0 bridgehead atoms. The molecule has 0 N–H and O–H groups in total. The fraction of sp³-hybridized carbons (Fsp3) is 0.933. The molecule has 7 nitrogen and oxygen atoms in total. The van der Waals surface area contributed by atoms with E-state index in [1.165, 1.54) is 0 Å². The van der Waals surface area contributed by atoms with Crippen LogP contribution in [-0.4, -0.2) is 51.3 Å². The average molecular weight is 350 g/mol. The van der Waals surface area contributed by atoms with E-state index in [1.54, 1.807) is 6.92 Å². The van der Waals surface area contributed by atoms with E-state index in [1.807, 2.05) is 13.8 Å². The number of hydrogen-bond acceptors (Lipinski definition) is 7. The van der Waals surface area contributed by atoms with Crippen LogP contribution < -0.4 is 0 Å². The zero-order valence-corrected chi connectivity index (χ0v) is 14.9. The van der Waals surface area contributed by atoms with E-state index < -0.39 is 34.0 Å². The Labute approximate surface area is 137 Å². The van der Waals surface area contributed by atoms with Gasteiger partial charge in [-0.3, -0.25) is 8.98 Å². The molecule has 8 heteroatoms. The summed E-state index contributed by atoms with van der Waals surface area (Å²) in [5, 5.41) is 0. The van der Waals surface area contributed by atoms with Gasteiger partial charge in [-0.05, 0) is 32.6 Å². The Morgan fingerprint density at radius 2 is 1.83 bits per heavy atom. The van der Waals surface area contributed by atoms with Gasteiger partial charge in [-0.25, -0.2) is 0 Å². The monoisotopic (exact) mass is 350 g/mol. The molecule has 2 fully saturated rings. The van der Waals surface area contributed by atoms with Gasteiger partial charge in [-0.2, -0.15) is 8.42 Å². The number of hydrogen-bond donors (Lipinski definition) is 0. The first-order valence-electron chi connectivity index (χ1n) is 8.14. The summed E-state index contributed by atoms with van der Waals surface area (Å²) < 4.78 is 45.5. The van der Waals surface area contributed by atoms with E-state index in [0.717, 1.165) is 6.26 Å². The summed E-state index contributed by atoms with van der Waals surface area (Å²) in [5.74, 6) is -1.53. The highest BCUT2D eigenvalue weighted by Crippen LogP contribution is 2.43. The van der Waals surface area contributed by atoms with Crippen LogP contribution in [0, 0.1) is 5.92 Å². The molecule has 0 aromatic heterocycles. The first kappa shape index (κ1) is 18.6. The minimum absolute atomic E-state index is 0.250. The van der Waals surface area contributed by atoms with E-state index in [-0.39, 0.29) is 25.1 Å². The number of fused-ring (bicyclic) bond motifs is 1. The van der Waals surface area contributed by atoms with Crippen molar-refractivity contribution in [3.8, 4) is 0 Å². The van der Waals surface area contributed by atoms with E-state index in [9.17, 15) is 13.2 Å². The number of carbonyl (C=O) groups excluding carboxylic acids is 1. The predicted octanol–water partition coefficient (Wildman–Crippen LogP) is 1.60. The molecule has 0 spiro atoms. The molecule has 0 radical (unpaired) electrons. The highest BCUT2D eigenvalue weighted by atomic mass is 32.2. The molecular formula is C15H26O7S. The van der Waals surface area contributed by atoms with Crippen molar-refractivity contribution in [2.75, 3.05) is 12.9 Å². The molecule has 0 amide bonds. The fourth-order valence-corrected chi connectivity index (χ4v) is 3.97. The molecule has 23 heavy (non-hydrogen) atoms. The van der Waals surface area contributed by atoms with Gasteiger partial charge < -0.3 is 14.2 Å². The zero-order chi connectivity index (χ0) is 17.3. The van der Waals surface area contributed by atoms with Gasteiger partial charge in [0.2, 0.25) is 0 Å². The third-order valence-corrected chi connectivity index (χ3v) is 5.08. The van der Waals surface area contributed by atoms with Crippen molar-refractivity contribution in [2.45, 2.75) is 70.6 Å². The zero-order valence-electron chi connectivity index (χ0n) is 14.1. The standard InChI is InChI=1S/C15H26O7S/c1-5-15(6-2)20-11-8-10(14(16)19-7-3)9-12(13(11)21-15)22-23(4,17)18/h10-13H,5-9H2,1-4H3/t10?,11-,12-,13-/m1/s1. The highest BCUT2D eigenvalue weighted by molar-refractivity contribution is 7.86. The lowest BCUT2D eigenvalue weighted by Crippen LogP contribution is -2.47. The van der Waals surface area contributed by atoms with Crippen LogP contribution >= 0.6 is 0 Å². The second kappa shape index (κ2) is 7.04. The van der Waals surface area contributed by atoms with Crippen LogP contribution in [-0.2, 0) is 33.3 Å². The highest BCUT2D eigenvalue weighted by Gasteiger charge is 2.54. The average Bonchev–Trinajstić information content (AvgIpc) is 2.85. The molecule has 0 aromatic rings. The van der Waals surface area contributed by atoms with Gasteiger partial charge in [0.15, 0.2) is 5.79 Å². The molecule has 1 aliphatic carbocycles. The Hall–Kier alpha value is -0.700. The van der Waals surface area contributed by atoms with Crippen molar-refractivity contribution in [1.29, 1.82) is 0 Å². The van der Waals surface area contributed by atoms with Crippen molar-refractivity contribution >= 4 is 16.1 Å². The van der Waals surface area contributed by atoms with Crippen molar-refractivity contribution in [2.24, 2.45) is 5.92 Å². The number of ether oxygens (including phenoxy) is 3. The summed E-state index contributed by atoms with van der Waals surface area (Å²) in [6, 6.07) is 0. The lowest BCUT2D eigenvalue weighted by Gasteiger charge is -2.34. The van der Waals surface area contributed by atoms with Crippen LogP contribution in [0.5, 0.6) is 0 Å². The molecule has 2 rings (SSSR count). The maximum atomic E-state index is 12.1. The van der Waals surface area contributed by atoms with Crippen LogP contribution in [0.4, 0.5) is 0 Å². The smallest absolute Gasteiger partial charge is 0.309 e. The van der Waals surface area contributed by atoms with Gasteiger partial charge >= 0.3 is 5.97 Å². The molecule has 1 heterocycles. The summed E-state index contributed by atoms with van der Waals surface area (Å²) in [6.45, 7) is 5.93. The second-order valence-corrected chi connectivity index (χ2v) is 7.72. The Balaban J connectivity index is 2.22. The summed E-state index contributed by atoms with van der Waals surface area (Å²) in [7, 11) is -3.66. The van der Waals surface area contributed by atoms with Crippen molar-refractivity contribution < 1.29 is 31.6 Å². The molecule has 1 saturated carbocycles. The van der Waals surface area contributed by atoms with Crippen molar-refractivity contribution in [3.05, 3.63) is 0 Å². The van der Waals surface area contributed by atoms with E-state index >= 15 is 0 Å². The predicted molar refractivity (Wildman–Crippen MR) is 82.1 cm³/mol. The number of esters is 1. The minimum atomic E-state index is -3.66. The van der Waals surface area contributed by atoms with Gasteiger partial charge in [-0.1, -0.05) is 13.8 Å². The van der Waals surface area contributed by atoms with Gasteiger partial charge in [0.1, 0.15) is 12.2 Å². The first-order valence-corrected chi connectivity index (χ1v) is 9.95. The summed E-state index contributed by atoms with van der Waals surface area (Å²) in [6.07, 6.45) is 1.39. The van der Waals surface area contributed by atoms with Crippen molar-refractivity contribution in [3.63, 3.8) is 0 Å². The largest absolute Gasteiger partial charge is 0.466 e. The fourth-order valence-electron chi connectivity index (χ4n) is 3.34. The van der Waals surface area contributed by atoms with Crippen LogP contribution in [0.15, 0.2) is 0 Å². The summed E-state index contributed by atoms with van der Waals surface area (Å²) >= 11 is 0. The van der Waals surface area contributed by atoms with Gasteiger partial charge in [0, 0.05) is 0 Å². The number of rotatable bonds is 6. The normalized spacial score (nSPS) is 33.2. The third-order valence-electron chi connectivity index (χ3n) is 4.48. The van der Waals surface area contributed by atoms with Crippen LogP contribution in [0.25, 0.3) is 0 Å².